The zero-order valence-corrected chi connectivity index (χ0v) is 20.5. The minimum atomic E-state index is 0.121. The minimum Gasteiger partial charge on any atom is -0.497 e. The Morgan fingerprint density at radius 3 is 2.23 bits per heavy atom. The number of benzene rings is 2. The molecule has 0 bridgehead atoms. The van der Waals surface area contributed by atoms with Crippen molar-refractivity contribution in [1.82, 2.24) is 9.80 Å². The lowest BCUT2D eigenvalue weighted by atomic mass is 10.1. The monoisotopic (exact) mass is 487 g/mol. The Labute approximate surface area is 195 Å². The fourth-order valence-electron chi connectivity index (χ4n) is 4.15. The Morgan fingerprint density at radius 2 is 1.65 bits per heavy atom. The van der Waals surface area contributed by atoms with Gasteiger partial charge in [-0.05, 0) is 55.3 Å². The number of carbonyl (C=O) groups is 1. The average molecular weight is 488 g/mol. The lowest BCUT2D eigenvalue weighted by molar-refractivity contribution is -0.118. The van der Waals surface area contributed by atoms with Gasteiger partial charge < -0.3 is 14.5 Å². The molecule has 31 heavy (non-hydrogen) atoms. The molecule has 0 N–H and O–H groups in total. The molecular weight excluding hydrogens is 454 g/mol. The number of hydrogen-bond acceptors (Lipinski definition) is 4. The Morgan fingerprint density at radius 1 is 1.03 bits per heavy atom. The second-order valence-corrected chi connectivity index (χ2v) is 9.10. The summed E-state index contributed by atoms with van der Waals surface area (Å²) in [6.07, 6.45) is 1.58. The van der Waals surface area contributed by atoms with Crippen molar-refractivity contribution >= 4 is 27.5 Å². The van der Waals surface area contributed by atoms with Crippen LogP contribution in [0.2, 0.25) is 0 Å². The van der Waals surface area contributed by atoms with Crippen molar-refractivity contribution in [2.24, 2.45) is 0 Å². The van der Waals surface area contributed by atoms with Crippen LogP contribution in [0.4, 0.5) is 5.69 Å². The van der Waals surface area contributed by atoms with Gasteiger partial charge in [-0.1, -0.05) is 35.0 Å². The molecule has 0 spiro atoms. The average Bonchev–Trinajstić information content (AvgIpc) is 2.80. The molecule has 1 fully saturated rings. The van der Waals surface area contributed by atoms with E-state index in [2.05, 4.69) is 56.9 Å². The van der Waals surface area contributed by atoms with Crippen LogP contribution in [-0.2, 0) is 11.2 Å². The zero-order chi connectivity index (χ0) is 22.2. The highest BCUT2D eigenvalue weighted by Crippen LogP contribution is 2.23. The summed E-state index contributed by atoms with van der Waals surface area (Å²) >= 11 is 3.50. The van der Waals surface area contributed by atoms with Gasteiger partial charge in [0.05, 0.1) is 7.11 Å². The van der Waals surface area contributed by atoms with Crippen LogP contribution >= 0.6 is 15.9 Å². The Kier molecular flexibility index (Phi) is 8.93. The zero-order valence-electron chi connectivity index (χ0n) is 18.9. The summed E-state index contributed by atoms with van der Waals surface area (Å²) in [7, 11) is 1.66. The fraction of sp³-hybridized carbons (Fsp3) is 0.480. The summed E-state index contributed by atoms with van der Waals surface area (Å²) in [5, 5.41) is 0. The van der Waals surface area contributed by atoms with Gasteiger partial charge in [0.25, 0.3) is 0 Å². The van der Waals surface area contributed by atoms with Crippen LogP contribution < -0.4 is 9.64 Å². The molecule has 3 rings (SSSR count). The van der Waals surface area contributed by atoms with Crippen molar-refractivity contribution < 1.29 is 9.53 Å². The number of nitrogens with zero attached hydrogens (tertiary/aromatic N) is 3. The fourth-order valence-corrected chi connectivity index (χ4v) is 4.41. The maximum absolute atomic E-state index is 12.7. The number of hydrogen-bond donors (Lipinski definition) is 0. The first-order chi connectivity index (χ1) is 15.0. The molecule has 6 heteroatoms. The van der Waals surface area contributed by atoms with E-state index in [-0.39, 0.29) is 11.9 Å². The van der Waals surface area contributed by atoms with Gasteiger partial charge in [-0.15, -0.1) is 0 Å². The van der Waals surface area contributed by atoms with Crippen LogP contribution in [0.3, 0.4) is 0 Å². The summed E-state index contributed by atoms with van der Waals surface area (Å²) in [5.74, 6) is 0.963. The van der Waals surface area contributed by atoms with Gasteiger partial charge in [0.2, 0.25) is 5.91 Å². The van der Waals surface area contributed by atoms with Crippen LogP contribution in [0.25, 0.3) is 0 Å². The van der Waals surface area contributed by atoms with E-state index in [1.54, 1.807) is 7.11 Å². The summed E-state index contributed by atoms with van der Waals surface area (Å²) in [6, 6.07) is 16.5. The molecule has 168 valence electrons. The molecule has 1 aliphatic heterocycles. The smallest absolute Gasteiger partial charge is 0.226 e. The van der Waals surface area contributed by atoms with Crippen LogP contribution in [0, 0.1) is 0 Å². The van der Waals surface area contributed by atoms with Crippen LogP contribution in [0.5, 0.6) is 5.75 Å². The number of amides is 1. The largest absolute Gasteiger partial charge is 0.497 e. The number of ether oxygens (including phenoxy) is 1. The minimum absolute atomic E-state index is 0.121. The van der Waals surface area contributed by atoms with Crippen molar-refractivity contribution in [3.05, 3.63) is 58.6 Å². The number of carbonyl (C=O) groups excluding carboxylic acids is 1. The van der Waals surface area contributed by atoms with E-state index in [1.807, 2.05) is 36.1 Å². The van der Waals surface area contributed by atoms with E-state index in [1.165, 1.54) is 5.56 Å². The molecule has 1 saturated heterocycles. The molecule has 1 amide bonds. The van der Waals surface area contributed by atoms with E-state index in [0.29, 0.717) is 6.42 Å². The van der Waals surface area contributed by atoms with Gasteiger partial charge in [0, 0.05) is 61.9 Å². The van der Waals surface area contributed by atoms with Gasteiger partial charge in [-0.2, -0.15) is 0 Å². The quantitative estimate of drug-likeness (QED) is 0.523. The number of piperazine rings is 1. The van der Waals surface area contributed by atoms with Gasteiger partial charge in [0.15, 0.2) is 0 Å². The van der Waals surface area contributed by atoms with Crippen molar-refractivity contribution in [1.29, 1.82) is 0 Å². The van der Waals surface area contributed by atoms with Gasteiger partial charge >= 0.3 is 0 Å². The van der Waals surface area contributed by atoms with Crippen molar-refractivity contribution in [3.8, 4) is 5.75 Å². The molecule has 2 aromatic rings. The molecule has 0 saturated carbocycles. The van der Waals surface area contributed by atoms with E-state index >= 15 is 0 Å². The molecule has 0 aromatic heterocycles. The Bertz CT molecular complexity index is 818. The number of anilines is 1. The molecule has 2 aromatic carbocycles. The highest BCUT2D eigenvalue weighted by molar-refractivity contribution is 9.10. The second-order valence-electron chi connectivity index (χ2n) is 8.18. The van der Waals surface area contributed by atoms with Crippen molar-refractivity contribution in [2.75, 3.05) is 51.3 Å². The Balaban J connectivity index is 1.51. The summed E-state index contributed by atoms with van der Waals surface area (Å²) < 4.78 is 6.39. The molecule has 0 radical (unpaired) electrons. The van der Waals surface area contributed by atoms with Crippen LogP contribution in [0.15, 0.2) is 53.0 Å². The van der Waals surface area contributed by atoms with Gasteiger partial charge in [-0.3, -0.25) is 9.69 Å². The summed E-state index contributed by atoms with van der Waals surface area (Å²) in [6.45, 7) is 10.3. The highest BCUT2D eigenvalue weighted by Gasteiger charge is 2.25. The third-order valence-electron chi connectivity index (χ3n) is 5.98. The topological polar surface area (TPSA) is 36.0 Å². The lowest BCUT2D eigenvalue weighted by Gasteiger charge is -2.38. The molecule has 0 aliphatic carbocycles. The molecule has 1 unspecified atom stereocenters. The lowest BCUT2D eigenvalue weighted by Crippen LogP contribution is -2.52. The predicted molar refractivity (Wildman–Crippen MR) is 131 cm³/mol. The van der Waals surface area contributed by atoms with Crippen LogP contribution in [0.1, 0.15) is 25.8 Å². The predicted octanol–water partition coefficient (Wildman–Crippen LogP) is 4.45. The summed E-state index contributed by atoms with van der Waals surface area (Å²) in [5.41, 5.74) is 2.32. The van der Waals surface area contributed by atoms with Crippen molar-refractivity contribution in [3.63, 3.8) is 0 Å². The third kappa shape index (κ3) is 6.79. The SMILES string of the molecule is CCC(=O)N(c1ccc(OC)cc1)C(C)CN1CCN(CCc2ccc(Br)cc2)CC1. The summed E-state index contributed by atoms with van der Waals surface area (Å²) in [4.78, 5) is 19.7. The van der Waals surface area contributed by atoms with E-state index in [0.717, 1.165) is 61.6 Å². The maximum Gasteiger partial charge on any atom is 0.226 e. The number of methoxy groups -OCH3 is 1. The first-order valence-corrected chi connectivity index (χ1v) is 11.9. The van der Waals surface area contributed by atoms with E-state index in [9.17, 15) is 4.79 Å². The first kappa shape index (κ1) is 23.8. The van der Waals surface area contributed by atoms with Crippen molar-refractivity contribution in [2.45, 2.75) is 32.7 Å². The van der Waals surface area contributed by atoms with E-state index in [4.69, 9.17) is 4.74 Å². The molecule has 5 nitrogen and oxygen atoms in total. The third-order valence-corrected chi connectivity index (χ3v) is 6.51. The molecule has 1 aliphatic rings. The molecule has 1 heterocycles. The second kappa shape index (κ2) is 11.7. The van der Waals surface area contributed by atoms with Gasteiger partial charge in [0.1, 0.15) is 5.75 Å². The van der Waals surface area contributed by atoms with Crippen LogP contribution in [-0.4, -0.2) is 68.1 Å². The molecule has 1 atom stereocenters. The van der Waals surface area contributed by atoms with Gasteiger partial charge in [-0.25, -0.2) is 0 Å². The maximum atomic E-state index is 12.7. The standard InChI is InChI=1S/C25H34BrN3O2/c1-4-25(30)29(23-9-11-24(31-3)12-10-23)20(2)19-28-17-15-27(16-18-28)14-13-21-5-7-22(26)8-6-21/h5-12,20H,4,13-19H2,1-3H3. The highest BCUT2D eigenvalue weighted by atomic mass is 79.9. The normalized spacial score (nSPS) is 16.1. The number of rotatable bonds is 9. The number of halogens is 1. The Hall–Kier alpha value is -1.89. The van der Waals surface area contributed by atoms with E-state index < -0.39 is 0 Å². The molecular formula is C25H34BrN3O2. The first-order valence-electron chi connectivity index (χ1n) is 11.2.